The van der Waals surface area contributed by atoms with E-state index >= 15 is 0 Å². The first-order valence-electron chi connectivity index (χ1n) is 10.2. The lowest BCUT2D eigenvalue weighted by molar-refractivity contribution is -0.152. The Morgan fingerprint density at radius 3 is 2.43 bits per heavy atom. The molecular formula is C21H17F6N3O5. The van der Waals surface area contributed by atoms with Crippen molar-refractivity contribution < 1.29 is 45.8 Å². The number of fused-ring (bicyclic) bond motifs is 3. The van der Waals surface area contributed by atoms with Crippen molar-refractivity contribution in [3.8, 4) is 5.75 Å². The van der Waals surface area contributed by atoms with Gasteiger partial charge in [0.2, 0.25) is 5.43 Å². The fraction of sp³-hybridized carbons (Fsp3) is 0.381. The van der Waals surface area contributed by atoms with Crippen LogP contribution in [0.3, 0.4) is 0 Å². The molecule has 8 nitrogen and oxygen atoms in total. The number of carbonyl (C=O) groups is 2. The van der Waals surface area contributed by atoms with Gasteiger partial charge < -0.3 is 24.6 Å². The molecule has 1 aromatic carbocycles. The van der Waals surface area contributed by atoms with E-state index in [-0.39, 0.29) is 19.6 Å². The minimum Gasteiger partial charge on any atom is -0.503 e. The SMILES string of the molecule is O=C(NCc1c(F)cc(F)cc1F)c1cn2c(c(O)c1=O)C(=O)N(CC(F)(F)F)[C@@H]1CCOC[C@H]12. The van der Waals surface area contributed by atoms with Crippen molar-refractivity contribution in [1.82, 2.24) is 14.8 Å². The molecule has 188 valence electrons. The van der Waals surface area contributed by atoms with E-state index in [1.807, 2.05) is 0 Å². The van der Waals surface area contributed by atoms with Crippen molar-refractivity contribution in [3.05, 3.63) is 62.8 Å². The van der Waals surface area contributed by atoms with Gasteiger partial charge in [-0.2, -0.15) is 13.2 Å². The molecule has 1 aromatic heterocycles. The number of nitrogens with zero attached hydrogens (tertiary/aromatic N) is 2. The Kier molecular flexibility index (Phi) is 6.25. The predicted molar refractivity (Wildman–Crippen MR) is 105 cm³/mol. The summed E-state index contributed by atoms with van der Waals surface area (Å²) in [6.45, 7) is -2.51. The van der Waals surface area contributed by atoms with Gasteiger partial charge in [0.05, 0.1) is 18.7 Å². The van der Waals surface area contributed by atoms with Gasteiger partial charge in [0.1, 0.15) is 29.6 Å². The van der Waals surface area contributed by atoms with E-state index in [4.69, 9.17) is 4.74 Å². The Hall–Kier alpha value is -3.55. The number of ether oxygens (including phenoxy) is 1. The highest BCUT2D eigenvalue weighted by molar-refractivity contribution is 5.99. The summed E-state index contributed by atoms with van der Waals surface area (Å²) in [5.74, 6) is -7.44. The fourth-order valence-corrected chi connectivity index (χ4v) is 4.27. The predicted octanol–water partition coefficient (Wildman–Crippen LogP) is 2.25. The maximum absolute atomic E-state index is 13.8. The lowest BCUT2D eigenvalue weighted by atomic mass is 9.95. The summed E-state index contributed by atoms with van der Waals surface area (Å²) in [5, 5.41) is 12.5. The number of carbonyl (C=O) groups excluding carboxylic acids is 2. The van der Waals surface area contributed by atoms with Crippen molar-refractivity contribution in [2.75, 3.05) is 19.8 Å². The number of hydrogen-bond donors (Lipinski definition) is 2. The molecule has 0 spiro atoms. The van der Waals surface area contributed by atoms with Gasteiger partial charge in [-0.25, -0.2) is 13.2 Å². The van der Waals surface area contributed by atoms with E-state index in [0.717, 1.165) is 10.8 Å². The zero-order valence-electron chi connectivity index (χ0n) is 17.7. The standard InChI is InChI=1S/C21H17F6N3O5/c22-9-3-12(23)10(13(24)4-9)5-28-19(33)11-6-29-15-7-35-2-1-14(15)30(8-21(25,26)27)20(34)16(29)18(32)17(11)31/h3-4,6,14-15,32H,1-2,5,7-8H2,(H,28,33)/t14-,15-/m1/s1. The van der Waals surface area contributed by atoms with E-state index in [1.54, 1.807) is 0 Å². The molecule has 0 radical (unpaired) electrons. The summed E-state index contributed by atoms with van der Waals surface area (Å²) in [4.78, 5) is 38.6. The minimum atomic E-state index is -4.75. The van der Waals surface area contributed by atoms with Crippen LogP contribution in [-0.4, -0.2) is 58.4 Å². The number of aromatic hydroxyl groups is 1. The third-order valence-electron chi connectivity index (χ3n) is 5.85. The molecule has 2 aliphatic rings. The van der Waals surface area contributed by atoms with Crippen LogP contribution in [-0.2, 0) is 11.3 Å². The molecule has 0 unspecified atom stereocenters. The van der Waals surface area contributed by atoms with Crippen LogP contribution in [0.4, 0.5) is 26.3 Å². The number of rotatable bonds is 4. The van der Waals surface area contributed by atoms with Gasteiger partial charge in [0.15, 0.2) is 11.4 Å². The van der Waals surface area contributed by atoms with Gasteiger partial charge in [0.25, 0.3) is 11.8 Å². The molecule has 14 heteroatoms. The smallest absolute Gasteiger partial charge is 0.406 e. The maximum Gasteiger partial charge on any atom is 0.406 e. The zero-order valence-corrected chi connectivity index (χ0v) is 17.7. The van der Waals surface area contributed by atoms with Crippen LogP contribution in [0.15, 0.2) is 23.1 Å². The number of hydrogen-bond acceptors (Lipinski definition) is 5. The van der Waals surface area contributed by atoms with Crippen LogP contribution in [0.2, 0.25) is 0 Å². The second kappa shape index (κ2) is 8.91. The Bertz CT molecular complexity index is 1240. The first-order chi connectivity index (χ1) is 16.4. The number of halogens is 6. The zero-order chi connectivity index (χ0) is 25.7. The largest absolute Gasteiger partial charge is 0.503 e. The molecule has 1 fully saturated rings. The first-order valence-corrected chi connectivity index (χ1v) is 10.2. The molecule has 35 heavy (non-hydrogen) atoms. The normalized spacial score (nSPS) is 19.8. The van der Waals surface area contributed by atoms with E-state index in [1.165, 1.54) is 0 Å². The Morgan fingerprint density at radius 2 is 1.80 bits per heavy atom. The van der Waals surface area contributed by atoms with Gasteiger partial charge in [-0.05, 0) is 6.42 Å². The van der Waals surface area contributed by atoms with Gasteiger partial charge in [-0.1, -0.05) is 0 Å². The van der Waals surface area contributed by atoms with Crippen LogP contribution in [0.1, 0.15) is 38.9 Å². The number of pyridine rings is 1. The molecule has 2 N–H and O–H groups in total. The molecule has 2 aromatic rings. The van der Waals surface area contributed by atoms with Crippen molar-refractivity contribution in [2.24, 2.45) is 0 Å². The van der Waals surface area contributed by atoms with Gasteiger partial charge >= 0.3 is 6.18 Å². The van der Waals surface area contributed by atoms with Crippen LogP contribution >= 0.6 is 0 Å². The molecule has 2 aliphatic heterocycles. The number of aromatic nitrogens is 1. The topological polar surface area (TPSA) is 101 Å². The highest BCUT2D eigenvalue weighted by Crippen LogP contribution is 2.36. The third-order valence-corrected chi connectivity index (χ3v) is 5.85. The molecular weight excluding hydrogens is 488 g/mol. The number of amides is 2. The van der Waals surface area contributed by atoms with Crippen LogP contribution < -0.4 is 10.7 Å². The Balaban J connectivity index is 1.70. The molecule has 3 heterocycles. The average Bonchev–Trinajstić information content (AvgIpc) is 2.76. The quantitative estimate of drug-likeness (QED) is 0.621. The monoisotopic (exact) mass is 505 g/mol. The van der Waals surface area contributed by atoms with Crippen molar-refractivity contribution in [2.45, 2.75) is 31.2 Å². The van der Waals surface area contributed by atoms with Crippen LogP contribution in [0.25, 0.3) is 0 Å². The van der Waals surface area contributed by atoms with Crippen LogP contribution in [0.5, 0.6) is 5.75 Å². The summed E-state index contributed by atoms with van der Waals surface area (Å²) < 4.78 is 86.4. The summed E-state index contributed by atoms with van der Waals surface area (Å²) in [6.07, 6.45) is -3.83. The number of alkyl halides is 3. The van der Waals surface area contributed by atoms with Crippen LogP contribution in [0, 0.1) is 17.5 Å². The van der Waals surface area contributed by atoms with Gasteiger partial charge in [0, 0.05) is 37.0 Å². The lowest BCUT2D eigenvalue weighted by Gasteiger charge is -2.45. The summed E-state index contributed by atoms with van der Waals surface area (Å²) in [5.41, 5.74) is -3.53. The van der Waals surface area contributed by atoms with E-state index in [2.05, 4.69) is 5.32 Å². The summed E-state index contributed by atoms with van der Waals surface area (Å²) in [6, 6.07) is -1.16. The van der Waals surface area contributed by atoms with E-state index in [9.17, 15) is 45.8 Å². The highest BCUT2D eigenvalue weighted by Gasteiger charge is 2.47. The van der Waals surface area contributed by atoms with Gasteiger partial charge in [-0.3, -0.25) is 14.4 Å². The van der Waals surface area contributed by atoms with E-state index in [0.29, 0.717) is 17.0 Å². The molecule has 4 rings (SSSR count). The third kappa shape index (κ3) is 4.57. The van der Waals surface area contributed by atoms with Crippen molar-refractivity contribution in [3.63, 3.8) is 0 Å². The minimum absolute atomic E-state index is 0.0312. The molecule has 2 atom stereocenters. The maximum atomic E-state index is 13.8. The lowest BCUT2D eigenvalue weighted by Crippen LogP contribution is -2.57. The summed E-state index contributed by atoms with van der Waals surface area (Å²) in [7, 11) is 0. The van der Waals surface area contributed by atoms with Gasteiger partial charge in [-0.15, -0.1) is 0 Å². The summed E-state index contributed by atoms with van der Waals surface area (Å²) >= 11 is 0. The first kappa shape index (κ1) is 24.6. The number of nitrogens with one attached hydrogen (secondary N) is 1. The second-order valence-corrected chi connectivity index (χ2v) is 8.05. The fourth-order valence-electron chi connectivity index (χ4n) is 4.27. The van der Waals surface area contributed by atoms with Crippen molar-refractivity contribution >= 4 is 11.8 Å². The highest BCUT2D eigenvalue weighted by atomic mass is 19.4. The Labute approximate surface area is 192 Å². The molecule has 0 bridgehead atoms. The average molecular weight is 505 g/mol. The Morgan fingerprint density at radius 1 is 1.14 bits per heavy atom. The van der Waals surface area contributed by atoms with E-state index < -0.39 is 88.6 Å². The molecule has 2 amide bonds. The number of benzene rings is 1. The van der Waals surface area contributed by atoms with Crippen molar-refractivity contribution in [1.29, 1.82) is 0 Å². The molecule has 1 saturated heterocycles. The molecule has 0 aliphatic carbocycles. The second-order valence-electron chi connectivity index (χ2n) is 8.05. The molecule has 0 saturated carbocycles.